The number of Topliss-reactive ketones (excluding diaryl/α,β-unsaturated/α-hetero) is 1. The zero-order valence-corrected chi connectivity index (χ0v) is 7.73. The number of aryl methyl sites for hydroxylation is 1. The van der Waals surface area contributed by atoms with E-state index in [1.807, 2.05) is 6.92 Å². The van der Waals surface area contributed by atoms with Gasteiger partial charge in [0, 0.05) is 25.8 Å². The molecule has 0 unspecified atom stereocenters. The van der Waals surface area contributed by atoms with Gasteiger partial charge in [0.05, 0.1) is 0 Å². The van der Waals surface area contributed by atoms with Gasteiger partial charge in [-0.05, 0) is 19.4 Å². The molecule has 1 aromatic rings. The Morgan fingerprint density at radius 1 is 1.69 bits per heavy atom. The zero-order valence-electron chi connectivity index (χ0n) is 7.73. The molecule has 0 saturated carbocycles. The van der Waals surface area contributed by atoms with Crippen molar-refractivity contribution in [3.05, 3.63) is 18.0 Å². The van der Waals surface area contributed by atoms with Crippen molar-refractivity contribution in [2.45, 2.75) is 26.3 Å². The molecular formula is C9H14N2O2. The lowest BCUT2D eigenvalue weighted by molar-refractivity contribution is 0.0961. The third-order valence-corrected chi connectivity index (χ3v) is 1.86. The van der Waals surface area contributed by atoms with E-state index >= 15 is 0 Å². The van der Waals surface area contributed by atoms with Gasteiger partial charge in [-0.2, -0.15) is 5.10 Å². The van der Waals surface area contributed by atoms with Crippen LogP contribution < -0.4 is 0 Å². The van der Waals surface area contributed by atoms with Crippen LogP contribution in [0.3, 0.4) is 0 Å². The minimum absolute atomic E-state index is 0.0494. The molecule has 4 heteroatoms. The van der Waals surface area contributed by atoms with Gasteiger partial charge in [0.2, 0.25) is 0 Å². The Hall–Kier alpha value is -1.16. The summed E-state index contributed by atoms with van der Waals surface area (Å²) in [5.41, 5.74) is 0.635. The maximum absolute atomic E-state index is 11.5. The Bertz CT molecular complexity index is 281. The summed E-state index contributed by atoms with van der Waals surface area (Å²) >= 11 is 0. The number of carbonyl (C=O) groups is 1. The normalized spacial score (nSPS) is 10.3. The smallest absolute Gasteiger partial charge is 0.180 e. The quantitative estimate of drug-likeness (QED) is 0.687. The largest absolute Gasteiger partial charge is 0.396 e. The van der Waals surface area contributed by atoms with Crippen LogP contribution in [0.4, 0.5) is 0 Å². The molecule has 0 amide bonds. The maximum atomic E-state index is 11.5. The van der Waals surface area contributed by atoms with Crippen LogP contribution in [0.25, 0.3) is 0 Å². The number of rotatable bonds is 5. The van der Waals surface area contributed by atoms with Crippen molar-refractivity contribution in [2.24, 2.45) is 0 Å². The molecule has 1 aromatic heterocycles. The van der Waals surface area contributed by atoms with E-state index in [-0.39, 0.29) is 12.4 Å². The molecule has 1 heterocycles. The number of hydrogen-bond donors (Lipinski definition) is 1. The molecule has 0 saturated heterocycles. The Labute approximate surface area is 77.2 Å². The van der Waals surface area contributed by atoms with Crippen LogP contribution in [-0.2, 0) is 6.54 Å². The number of aromatic nitrogens is 2. The van der Waals surface area contributed by atoms with E-state index in [0.717, 1.165) is 0 Å². The fourth-order valence-electron chi connectivity index (χ4n) is 1.19. The van der Waals surface area contributed by atoms with Crippen molar-refractivity contribution in [1.82, 2.24) is 9.78 Å². The van der Waals surface area contributed by atoms with Crippen LogP contribution in [0.1, 0.15) is 30.3 Å². The summed E-state index contributed by atoms with van der Waals surface area (Å²) in [6.45, 7) is 2.70. The average Bonchev–Trinajstić information content (AvgIpc) is 2.61. The molecule has 72 valence electrons. The summed E-state index contributed by atoms with van der Waals surface area (Å²) in [5, 5.41) is 12.6. The molecule has 0 fully saturated rings. The van der Waals surface area contributed by atoms with Gasteiger partial charge in [-0.1, -0.05) is 0 Å². The van der Waals surface area contributed by atoms with Crippen molar-refractivity contribution < 1.29 is 9.90 Å². The number of hydrogen-bond acceptors (Lipinski definition) is 3. The fraction of sp³-hybridized carbons (Fsp3) is 0.556. The van der Waals surface area contributed by atoms with Crippen LogP contribution in [0, 0.1) is 0 Å². The van der Waals surface area contributed by atoms with Crippen molar-refractivity contribution in [3.8, 4) is 0 Å². The molecule has 4 nitrogen and oxygen atoms in total. The highest BCUT2D eigenvalue weighted by Gasteiger charge is 2.09. The van der Waals surface area contributed by atoms with Gasteiger partial charge in [0.25, 0.3) is 0 Å². The van der Waals surface area contributed by atoms with E-state index in [4.69, 9.17) is 5.11 Å². The summed E-state index contributed by atoms with van der Waals surface area (Å²) in [5.74, 6) is 0.0494. The Balaban J connectivity index is 2.65. The molecule has 1 N–H and O–H groups in total. The lowest BCUT2D eigenvalue weighted by Crippen LogP contribution is -2.09. The summed E-state index contributed by atoms with van der Waals surface area (Å²) in [7, 11) is 0. The van der Waals surface area contributed by atoms with Gasteiger partial charge < -0.3 is 5.11 Å². The zero-order chi connectivity index (χ0) is 9.68. The highest BCUT2D eigenvalue weighted by atomic mass is 16.3. The summed E-state index contributed by atoms with van der Waals surface area (Å²) in [6.07, 6.45) is 2.53. The van der Waals surface area contributed by atoms with Gasteiger partial charge in [-0.15, -0.1) is 0 Å². The minimum atomic E-state index is 0.0494. The molecule has 0 aliphatic heterocycles. The Kier molecular flexibility index (Phi) is 3.64. The number of nitrogens with zero attached hydrogens (tertiary/aromatic N) is 2. The maximum Gasteiger partial charge on any atom is 0.180 e. The topological polar surface area (TPSA) is 55.1 Å². The van der Waals surface area contributed by atoms with E-state index in [1.54, 1.807) is 16.9 Å². The van der Waals surface area contributed by atoms with E-state index in [2.05, 4.69) is 5.10 Å². The van der Waals surface area contributed by atoms with Crippen LogP contribution in [0.15, 0.2) is 12.3 Å². The number of ketones is 1. The SMILES string of the molecule is CCn1nccc1C(=O)CCCO. The van der Waals surface area contributed by atoms with Gasteiger partial charge in [0.1, 0.15) is 5.69 Å². The van der Waals surface area contributed by atoms with Crippen molar-refractivity contribution in [1.29, 1.82) is 0 Å². The highest BCUT2D eigenvalue weighted by Crippen LogP contribution is 2.04. The monoisotopic (exact) mass is 182 g/mol. The van der Waals surface area contributed by atoms with Crippen molar-refractivity contribution >= 4 is 5.78 Å². The summed E-state index contributed by atoms with van der Waals surface area (Å²) in [6, 6.07) is 1.71. The fourth-order valence-corrected chi connectivity index (χ4v) is 1.19. The molecule has 0 bridgehead atoms. The highest BCUT2D eigenvalue weighted by molar-refractivity contribution is 5.94. The molecule has 0 atom stereocenters. The lowest BCUT2D eigenvalue weighted by Gasteiger charge is -2.02. The molecule has 1 rings (SSSR count). The number of aliphatic hydroxyl groups excluding tert-OH is 1. The van der Waals surface area contributed by atoms with Crippen LogP contribution in [-0.4, -0.2) is 27.3 Å². The first-order chi connectivity index (χ1) is 6.29. The van der Waals surface area contributed by atoms with Crippen molar-refractivity contribution in [3.63, 3.8) is 0 Å². The van der Waals surface area contributed by atoms with Gasteiger partial charge in [-0.25, -0.2) is 0 Å². The molecule has 13 heavy (non-hydrogen) atoms. The van der Waals surface area contributed by atoms with Gasteiger partial charge in [-0.3, -0.25) is 9.48 Å². The molecule has 0 aliphatic rings. The standard InChI is InChI=1S/C9H14N2O2/c1-2-11-8(5-6-10-11)9(13)4-3-7-12/h5-6,12H,2-4,7H2,1H3. The summed E-state index contributed by atoms with van der Waals surface area (Å²) < 4.78 is 1.67. The second-order valence-corrected chi connectivity index (χ2v) is 2.78. The van der Waals surface area contributed by atoms with Gasteiger partial charge in [0.15, 0.2) is 5.78 Å². The first kappa shape index (κ1) is 9.92. The van der Waals surface area contributed by atoms with E-state index in [9.17, 15) is 4.79 Å². The third kappa shape index (κ3) is 2.39. The van der Waals surface area contributed by atoms with Crippen LogP contribution in [0.2, 0.25) is 0 Å². The molecule has 0 aromatic carbocycles. The Morgan fingerprint density at radius 3 is 3.08 bits per heavy atom. The first-order valence-corrected chi connectivity index (χ1v) is 4.45. The van der Waals surface area contributed by atoms with Gasteiger partial charge >= 0.3 is 0 Å². The van der Waals surface area contributed by atoms with Crippen molar-refractivity contribution in [2.75, 3.05) is 6.61 Å². The number of carbonyl (C=O) groups excluding carboxylic acids is 1. The first-order valence-electron chi connectivity index (χ1n) is 4.45. The minimum Gasteiger partial charge on any atom is -0.396 e. The van der Waals surface area contributed by atoms with Crippen LogP contribution >= 0.6 is 0 Å². The molecule has 0 spiro atoms. The third-order valence-electron chi connectivity index (χ3n) is 1.86. The molecule has 0 radical (unpaired) electrons. The average molecular weight is 182 g/mol. The summed E-state index contributed by atoms with van der Waals surface area (Å²) in [4.78, 5) is 11.5. The number of aliphatic hydroxyl groups is 1. The second kappa shape index (κ2) is 4.77. The van der Waals surface area contributed by atoms with Crippen LogP contribution in [0.5, 0.6) is 0 Å². The molecule has 0 aliphatic carbocycles. The second-order valence-electron chi connectivity index (χ2n) is 2.78. The van der Waals surface area contributed by atoms with E-state index in [0.29, 0.717) is 25.1 Å². The Morgan fingerprint density at radius 2 is 2.46 bits per heavy atom. The molecular weight excluding hydrogens is 168 g/mol. The predicted octanol–water partition coefficient (Wildman–Crippen LogP) is 0.858. The lowest BCUT2D eigenvalue weighted by atomic mass is 10.2. The predicted molar refractivity (Wildman–Crippen MR) is 48.6 cm³/mol. The van der Waals surface area contributed by atoms with E-state index in [1.165, 1.54) is 0 Å². The van der Waals surface area contributed by atoms with E-state index < -0.39 is 0 Å².